The number of carbonyl (C=O) groups excluding carboxylic acids is 2. The molecule has 1 aliphatic rings. The van der Waals surface area contributed by atoms with Crippen LogP contribution < -0.4 is 9.47 Å². The SMILES string of the molecule is CCN(CC)CCN1C(=O)C(=O)C(=C(O)c2ccc(OC)c(OC)c2)[C@@H]1c1ccccn1. The van der Waals surface area contributed by atoms with E-state index in [4.69, 9.17) is 9.47 Å². The summed E-state index contributed by atoms with van der Waals surface area (Å²) in [6, 6.07) is 9.37. The summed E-state index contributed by atoms with van der Waals surface area (Å²) in [5.41, 5.74) is 0.888. The molecule has 1 atom stereocenters. The van der Waals surface area contributed by atoms with Crippen LogP contribution in [0, 0.1) is 0 Å². The number of hydrogen-bond donors (Lipinski definition) is 1. The summed E-state index contributed by atoms with van der Waals surface area (Å²) < 4.78 is 10.6. The maximum absolute atomic E-state index is 13.1. The second-order valence-electron chi connectivity index (χ2n) is 7.34. The zero-order chi connectivity index (χ0) is 23.3. The number of aliphatic hydroxyl groups is 1. The molecule has 0 aliphatic carbocycles. The molecule has 8 nitrogen and oxygen atoms in total. The van der Waals surface area contributed by atoms with Crippen LogP contribution in [0.5, 0.6) is 11.5 Å². The molecular formula is C24H29N3O5. The van der Waals surface area contributed by atoms with Crippen LogP contribution in [-0.4, -0.2) is 72.0 Å². The smallest absolute Gasteiger partial charge is 0.295 e. The van der Waals surface area contributed by atoms with Crippen molar-refractivity contribution in [1.29, 1.82) is 0 Å². The van der Waals surface area contributed by atoms with E-state index in [1.165, 1.54) is 19.1 Å². The van der Waals surface area contributed by atoms with Gasteiger partial charge in [0.05, 0.1) is 25.5 Å². The van der Waals surface area contributed by atoms with Crippen LogP contribution in [0.2, 0.25) is 0 Å². The van der Waals surface area contributed by atoms with Crippen molar-refractivity contribution < 1.29 is 24.2 Å². The number of likely N-dealkylation sites (tertiary alicyclic amines) is 1. The molecule has 0 saturated carbocycles. The van der Waals surface area contributed by atoms with E-state index in [-0.39, 0.29) is 11.3 Å². The fourth-order valence-electron chi connectivity index (χ4n) is 3.88. The Labute approximate surface area is 188 Å². The molecule has 0 radical (unpaired) electrons. The van der Waals surface area contributed by atoms with E-state index in [0.29, 0.717) is 35.8 Å². The van der Waals surface area contributed by atoms with Gasteiger partial charge in [0.15, 0.2) is 11.5 Å². The minimum Gasteiger partial charge on any atom is -0.507 e. The number of ether oxygens (including phenoxy) is 2. The zero-order valence-corrected chi connectivity index (χ0v) is 18.9. The summed E-state index contributed by atoms with van der Waals surface area (Å²) in [6.07, 6.45) is 1.61. The van der Waals surface area contributed by atoms with Crippen LogP contribution in [0.3, 0.4) is 0 Å². The highest BCUT2D eigenvalue weighted by Crippen LogP contribution is 2.39. The van der Waals surface area contributed by atoms with Crippen molar-refractivity contribution in [2.45, 2.75) is 19.9 Å². The van der Waals surface area contributed by atoms with Crippen LogP contribution in [0.1, 0.15) is 31.1 Å². The van der Waals surface area contributed by atoms with Crippen molar-refractivity contribution in [1.82, 2.24) is 14.8 Å². The van der Waals surface area contributed by atoms with Crippen molar-refractivity contribution in [2.24, 2.45) is 0 Å². The predicted octanol–water partition coefficient (Wildman–Crippen LogP) is 2.86. The lowest BCUT2D eigenvalue weighted by Crippen LogP contribution is -2.38. The molecule has 1 aliphatic heterocycles. The maximum atomic E-state index is 13.1. The number of amides is 1. The number of rotatable bonds is 9. The van der Waals surface area contributed by atoms with Crippen LogP contribution in [-0.2, 0) is 9.59 Å². The Balaban J connectivity index is 2.10. The molecule has 1 aromatic carbocycles. The lowest BCUT2D eigenvalue weighted by molar-refractivity contribution is -0.140. The van der Waals surface area contributed by atoms with Crippen molar-refractivity contribution in [3.05, 3.63) is 59.4 Å². The molecule has 1 N–H and O–H groups in total. The summed E-state index contributed by atoms with van der Waals surface area (Å²) in [6.45, 7) is 6.71. The lowest BCUT2D eigenvalue weighted by atomic mass is 9.98. The summed E-state index contributed by atoms with van der Waals surface area (Å²) >= 11 is 0. The third-order valence-electron chi connectivity index (χ3n) is 5.72. The van der Waals surface area contributed by atoms with E-state index in [2.05, 4.69) is 9.88 Å². The summed E-state index contributed by atoms with van der Waals surface area (Å²) in [7, 11) is 3.00. The van der Waals surface area contributed by atoms with Gasteiger partial charge in [-0.25, -0.2) is 0 Å². The predicted molar refractivity (Wildman–Crippen MR) is 121 cm³/mol. The van der Waals surface area contributed by atoms with Gasteiger partial charge in [0.2, 0.25) is 0 Å². The highest BCUT2D eigenvalue weighted by molar-refractivity contribution is 6.46. The largest absolute Gasteiger partial charge is 0.507 e. The number of methoxy groups -OCH3 is 2. The van der Waals surface area contributed by atoms with E-state index in [9.17, 15) is 14.7 Å². The Hall–Kier alpha value is -3.39. The number of nitrogens with zero attached hydrogens (tertiary/aromatic N) is 3. The first-order valence-corrected chi connectivity index (χ1v) is 10.6. The summed E-state index contributed by atoms with van der Waals surface area (Å²) in [5, 5.41) is 11.2. The van der Waals surface area contributed by atoms with Gasteiger partial charge in [-0.1, -0.05) is 19.9 Å². The molecule has 1 saturated heterocycles. The highest BCUT2D eigenvalue weighted by atomic mass is 16.5. The molecule has 2 heterocycles. The van der Waals surface area contributed by atoms with Crippen LogP contribution in [0.25, 0.3) is 5.76 Å². The van der Waals surface area contributed by atoms with Gasteiger partial charge in [-0.15, -0.1) is 0 Å². The lowest BCUT2D eigenvalue weighted by Gasteiger charge is -2.27. The average molecular weight is 440 g/mol. The van der Waals surface area contributed by atoms with Gasteiger partial charge in [0, 0.05) is 24.8 Å². The van der Waals surface area contributed by atoms with Gasteiger partial charge in [-0.05, 0) is 43.4 Å². The average Bonchev–Trinajstić information content (AvgIpc) is 3.09. The van der Waals surface area contributed by atoms with Gasteiger partial charge in [-0.2, -0.15) is 0 Å². The number of hydrogen-bond acceptors (Lipinski definition) is 7. The molecule has 1 amide bonds. The summed E-state index contributed by atoms with van der Waals surface area (Å²) in [5.74, 6) is -0.751. The number of pyridine rings is 1. The Kier molecular flexibility index (Phi) is 7.48. The Morgan fingerprint density at radius 2 is 1.81 bits per heavy atom. The van der Waals surface area contributed by atoms with Crippen LogP contribution in [0.15, 0.2) is 48.2 Å². The van der Waals surface area contributed by atoms with Crippen molar-refractivity contribution >= 4 is 17.4 Å². The Morgan fingerprint density at radius 3 is 2.41 bits per heavy atom. The van der Waals surface area contributed by atoms with E-state index in [1.807, 2.05) is 13.8 Å². The number of ketones is 1. The number of likely N-dealkylation sites (N-methyl/N-ethyl adjacent to an activating group) is 1. The molecule has 1 fully saturated rings. The molecule has 0 unspecified atom stereocenters. The Bertz CT molecular complexity index is 1000. The minimum absolute atomic E-state index is 0.0143. The summed E-state index contributed by atoms with van der Waals surface area (Å²) in [4.78, 5) is 34.1. The quantitative estimate of drug-likeness (QED) is 0.365. The fourth-order valence-corrected chi connectivity index (χ4v) is 3.88. The zero-order valence-electron chi connectivity index (χ0n) is 18.9. The maximum Gasteiger partial charge on any atom is 0.295 e. The van der Waals surface area contributed by atoms with Gasteiger partial charge in [0.25, 0.3) is 11.7 Å². The molecule has 32 heavy (non-hydrogen) atoms. The van der Waals surface area contributed by atoms with Gasteiger partial charge < -0.3 is 24.4 Å². The molecule has 0 bridgehead atoms. The number of aliphatic hydroxyl groups excluding tert-OH is 1. The number of aromatic nitrogens is 1. The number of Topliss-reactive ketones (excluding diaryl/α,β-unsaturated/α-hetero) is 1. The van der Waals surface area contributed by atoms with Crippen molar-refractivity contribution in [3.63, 3.8) is 0 Å². The molecule has 8 heteroatoms. The van der Waals surface area contributed by atoms with Crippen molar-refractivity contribution in [3.8, 4) is 11.5 Å². The Morgan fingerprint density at radius 1 is 1.09 bits per heavy atom. The first-order chi connectivity index (χ1) is 15.5. The second kappa shape index (κ2) is 10.3. The monoisotopic (exact) mass is 439 g/mol. The topological polar surface area (TPSA) is 92.2 Å². The first-order valence-electron chi connectivity index (χ1n) is 10.6. The van der Waals surface area contributed by atoms with E-state index in [0.717, 1.165) is 13.1 Å². The number of benzene rings is 1. The highest BCUT2D eigenvalue weighted by Gasteiger charge is 2.46. The first kappa shape index (κ1) is 23.3. The van der Waals surface area contributed by atoms with Crippen LogP contribution in [0.4, 0.5) is 0 Å². The molecule has 1 aromatic heterocycles. The molecule has 2 aromatic rings. The number of carbonyl (C=O) groups is 2. The normalized spacial score (nSPS) is 17.8. The third kappa shape index (κ3) is 4.45. The van der Waals surface area contributed by atoms with Crippen LogP contribution >= 0.6 is 0 Å². The second-order valence-corrected chi connectivity index (χ2v) is 7.34. The molecular weight excluding hydrogens is 410 g/mol. The van der Waals surface area contributed by atoms with E-state index >= 15 is 0 Å². The van der Waals surface area contributed by atoms with Crippen molar-refractivity contribution in [2.75, 3.05) is 40.4 Å². The van der Waals surface area contributed by atoms with E-state index in [1.54, 1.807) is 42.6 Å². The van der Waals surface area contributed by atoms with E-state index < -0.39 is 17.7 Å². The third-order valence-corrected chi connectivity index (χ3v) is 5.72. The van der Waals surface area contributed by atoms with Gasteiger partial charge in [0.1, 0.15) is 11.8 Å². The van der Waals surface area contributed by atoms with Gasteiger partial charge in [-0.3, -0.25) is 14.6 Å². The molecule has 3 rings (SSSR count). The fraction of sp³-hybridized carbons (Fsp3) is 0.375. The molecule has 170 valence electrons. The minimum atomic E-state index is -0.778. The van der Waals surface area contributed by atoms with Gasteiger partial charge >= 0.3 is 0 Å². The standard InChI is InChI=1S/C24H29N3O5/c1-5-26(6-2)13-14-27-21(17-9-7-8-12-25-17)20(23(29)24(27)30)22(28)16-10-11-18(31-3)19(15-16)32-4/h7-12,15,21,28H,5-6,13-14H2,1-4H3/t21-/m0/s1. The molecule has 0 spiro atoms.